The van der Waals surface area contributed by atoms with Gasteiger partial charge in [0.15, 0.2) is 0 Å². The maximum absolute atomic E-state index is 12.4. The molecule has 0 saturated carbocycles. The summed E-state index contributed by atoms with van der Waals surface area (Å²) in [5.41, 5.74) is 7.15. The second-order valence-electron chi connectivity index (χ2n) is 3.93. The Labute approximate surface area is 110 Å². The van der Waals surface area contributed by atoms with Gasteiger partial charge >= 0.3 is 0 Å². The van der Waals surface area contributed by atoms with Crippen LogP contribution in [0.4, 0.5) is 5.69 Å². The quantitative estimate of drug-likeness (QED) is 0.921. The number of hydrogen-bond acceptors (Lipinski definition) is 4. The summed E-state index contributed by atoms with van der Waals surface area (Å²) in [7, 11) is 1.76. The molecule has 4 nitrogen and oxygen atoms in total. The van der Waals surface area contributed by atoms with E-state index in [1.54, 1.807) is 11.9 Å². The first-order chi connectivity index (χ1) is 8.63. The minimum Gasteiger partial charge on any atom is -0.325 e. The van der Waals surface area contributed by atoms with Crippen molar-refractivity contribution in [2.75, 3.05) is 11.9 Å². The highest BCUT2D eigenvalue weighted by atomic mass is 32.1. The zero-order valence-electron chi connectivity index (χ0n) is 10.4. The Kier molecular flexibility index (Phi) is 3.74. The molecule has 94 valence electrons. The fourth-order valence-electron chi connectivity index (χ4n) is 1.66. The maximum atomic E-state index is 12.4. The third kappa shape index (κ3) is 2.42. The number of hydrogen-bond donors (Lipinski definition) is 1. The van der Waals surface area contributed by atoms with Crippen molar-refractivity contribution >= 4 is 22.9 Å². The molecule has 5 heteroatoms. The van der Waals surface area contributed by atoms with E-state index >= 15 is 0 Å². The standard InChI is InChI=1S/C13H15N3OS/c1-9-12(18-11(8-14)15-9)13(17)16(2)10-6-4-3-5-7-10/h3-7H,8,14H2,1-2H3. The van der Waals surface area contributed by atoms with Gasteiger partial charge in [-0.05, 0) is 19.1 Å². The van der Waals surface area contributed by atoms with Crippen LogP contribution in [0.3, 0.4) is 0 Å². The van der Waals surface area contributed by atoms with Crippen LogP contribution in [-0.2, 0) is 6.54 Å². The first-order valence-electron chi connectivity index (χ1n) is 5.63. The number of carbonyl (C=O) groups is 1. The Morgan fingerprint density at radius 2 is 2.06 bits per heavy atom. The monoisotopic (exact) mass is 261 g/mol. The third-order valence-electron chi connectivity index (χ3n) is 2.66. The van der Waals surface area contributed by atoms with Crippen LogP contribution in [0.25, 0.3) is 0 Å². The molecular weight excluding hydrogens is 246 g/mol. The highest BCUT2D eigenvalue weighted by molar-refractivity contribution is 7.13. The van der Waals surface area contributed by atoms with Gasteiger partial charge < -0.3 is 10.6 Å². The Balaban J connectivity index is 2.28. The molecule has 0 aliphatic rings. The lowest BCUT2D eigenvalue weighted by atomic mass is 10.3. The molecule has 0 aliphatic heterocycles. The first-order valence-corrected chi connectivity index (χ1v) is 6.44. The molecule has 0 saturated heterocycles. The van der Waals surface area contributed by atoms with Crippen molar-refractivity contribution in [2.24, 2.45) is 5.73 Å². The van der Waals surface area contributed by atoms with Crippen LogP contribution in [0.5, 0.6) is 0 Å². The Morgan fingerprint density at radius 1 is 1.39 bits per heavy atom. The van der Waals surface area contributed by atoms with Crippen molar-refractivity contribution in [3.63, 3.8) is 0 Å². The van der Waals surface area contributed by atoms with E-state index in [-0.39, 0.29) is 5.91 Å². The predicted octanol–water partition coefficient (Wildman–Crippen LogP) is 2.19. The van der Waals surface area contributed by atoms with E-state index in [2.05, 4.69) is 4.98 Å². The summed E-state index contributed by atoms with van der Waals surface area (Å²) < 4.78 is 0. The number of benzene rings is 1. The molecule has 1 aromatic heterocycles. The van der Waals surface area contributed by atoms with Crippen molar-refractivity contribution in [3.8, 4) is 0 Å². The molecule has 2 rings (SSSR count). The molecule has 1 aromatic carbocycles. The average molecular weight is 261 g/mol. The van der Waals surface area contributed by atoms with Crippen molar-refractivity contribution < 1.29 is 4.79 Å². The summed E-state index contributed by atoms with van der Waals surface area (Å²) in [5, 5.41) is 0.789. The minimum absolute atomic E-state index is 0.0455. The topological polar surface area (TPSA) is 59.2 Å². The van der Waals surface area contributed by atoms with Gasteiger partial charge in [-0.25, -0.2) is 4.98 Å². The van der Waals surface area contributed by atoms with E-state index in [0.717, 1.165) is 16.4 Å². The van der Waals surface area contributed by atoms with E-state index in [1.807, 2.05) is 37.3 Å². The van der Waals surface area contributed by atoms with Gasteiger partial charge in [-0.1, -0.05) is 18.2 Å². The lowest BCUT2D eigenvalue weighted by molar-refractivity contribution is 0.0996. The summed E-state index contributed by atoms with van der Waals surface area (Å²) in [6, 6.07) is 9.54. The highest BCUT2D eigenvalue weighted by Crippen LogP contribution is 2.22. The Morgan fingerprint density at radius 3 is 2.61 bits per heavy atom. The van der Waals surface area contributed by atoms with Gasteiger partial charge in [0.05, 0.1) is 5.69 Å². The van der Waals surface area contributed by atoms with E-state index in [4.69, 9.17) is 5.73 Å². The molecule has 0 atom stereocenters. The van der Waals surface area contributed by atoms with Crippen molar-refractivity contribution in [2.45, 2.75) is 13.5 Å². The molecule has 2 aromatic rings. The number of amides is 1. The number of aromatic nitrogens is 1. The van der Waals surface area contributed by atoms with E-state index in [9.17, 15) is 4.79 Å². The fraction of sp³-hybridized carbons (Fsp3) is 0.231. The second kappa shape index (κ2) is 5.29. The van der Waals surface area contributed by atoms with Crippen LogP contribution < -0.4 is 10.6 Å². The summed E-state index contributed by atoms with van der Waals surface area (Å²) >= 11 is 1.36. The third-order valence-corrected chi connectivity index (χ3v) is 3.83. The summed E-state index contributed by atoms with van der Waals surface area (Å²) in [6.07, 6.45) is 0. The van der Waals surface area contributed by atoms with E-state index in [0.29, 0.717) is 11.4 Å². The first kappa shape index (κ1) is 12.7. The SMILES string of the molecule is Cc1nc(CN)sc1C(=O)N(C)c1ccccc1. The van der Waals surface area contributed by atoms with Crippen molar-refractivity contribution in [1.29, 1.82) is 0 Å². The smallest absolute Gasteiger partial charge is 0.270 e. The van der Waals surface area contributed by atoms with Gasteiger partial charge in [-0.15, -0.1) is 11.3 Å². The number of anilines is 1. The molecule has 1 amide bonds. The minimum atomic E-state index is -0.0455. The number of para-hydroxylation sites is 1. The molecule has 0 bridgehead atoms. The second-order valence-corrected chi connectivity index (χ2v) is 5.01. The molecule has 0 aliphatic carbocycles. The van der Waals surface area contributed by atoms with Crippen LogP contribution in [0.2, 0.25) is 0 Å². The van der Waals surface area contributed by atoms with Crippen LogP contribution in [0, 0.1) is 6.92 Å². The highest BCUT2D eigenvalue weighted by Gasteiger charge is 2.19. The zero-order chi connectivity index (χ0) is 13.1. The lowest BCUT2D eigenvalue weighted by Crippen LogP contribution is -2.25. The van der Waals surface area contributed by atoms with Crippen molar-refractivity contribution in [3.05, 3.63) is 45.9 Å². The van der Waals surface area contributed by atoms with Gasteiger partial charge in [0, 0.05) is 19.3 Å². The van der Waals surface area contributed by atoms with Crippen LogP contribution in [0.1, 0.15) is 20.4 Å². The molecular formula is C13H15N3OS. The lowest BCUT2D eigenvalue weighted by Gasteiger charge is -2.16. The molecule has 0 unspecified atom stereocenters. The largest absolute Gasteiger partial charge is 0.325 e. The van der Waals surface area contributed by atoms with Crippen LogP contribution >= 0.6 is 11.3 Å². The summed E-state index contributed by atoms with van der Waals surface area (Å²) in [4.78, 5) is 18.9. The molecule has 18 heavy (non-hydrogen) atoms. The maximum Gasteiger partial charge on any atom is 0.270 e. The van der Waals surface area contributed by atoms with Gasteiger partial charge in [-0.2, -0.15) is 0 Å². The van der Waals surface area contributed by atoms with Gasteiger partial charge in [0.2, 0.25) is 0 Å². The predicted molar refractivity (Wildman–Crippen MR) is 73.9 cm³/mol. The molecule has 1 heterocycles. The molecule has 2 N–H and O–H groups in total. The average Bonchev–Trinajstić information content (AvgIpc) is 2.79. The zero-order valence-corrected chi connectivity index (χ0v) is 11.2. The van der Waals surface area contributed by atoms with Crippen LogP contribution in [-0.4, -0.2) is 17.9 Å². The fourth-order valence-corrected chi connectivity index (χ4v) is 2.58. The Hall–Kier alpha value is -1.72. The van der Waals surface area contributed by atoms with E-state index in [1.165, 1.54) is 11.3 Å². The molecule has 0 spiro atoms. The number of aryl methyl sites for hydroxylation is 1. The van der Waals surface area contributed by atoms with Gasteiger partial charge in [0.1, 0.15) is 9.88 Å². The number of rotatable bonds is 3. The Bertz CT molecular complexity index is 551. The van der Waals surface area contributed by atoms with Gasteiger partial charge in [0.25, 0.3) is 5.91 Å². The number of carbonyl (C=O) groups excluding carboxylic acids is 1. The molecule has 0 radical (unpaired) electrons. The van der Waals surface area contributed by atoms with Crippen LogP contribution in [0.15, 0.2) is 30.3 Å². The summed E-state index contributed by atoms with van der Waals surface area (Å²) in [6.45, 7) is 2.20. The van der Waals surface area contributed by atoms with Gasteiger partial charge in [-0.3, -0.25) is 4.79 Å². The van der Waals surface area contributed by atoms with E-state index < -0.39 is 0 Å². The normalized spacial score (nSPS) is 10.4. The number of nitrogens with zero attached hydrogens (tertiary/aromatic N) is 2. The number of thiazole rings is 1. The van der Waals surface area contributed by atoms with Crippen molar-refractivity contribution in [1.82, 2.24) is 4.98 Å². The summed E-state index contributed by atoms with van der Waals surface area (Å²) in [5.74, 6) is -0.0455. The molecule has 0 fully saturated rings. The number of nitrogens with two attached hydrogens (primary N) is 1.